The molecular weight excluding hydrogens is 496 g/mol. The van der Waals surface area contributed by atoms with E-state index >= 15 is 0 Å². The average molecular weight is 525 g/mol. The van der Waals surface area contributed by atoms with E-state index in [4.69, 9.17) is 4.98 Å². The molecule has 0 radical (unpaired) electrons. The van der Waals surface area contributed by atoms with Crippen molar-refractivity contribution < 1.29 is 4.79 Å². The van der Waals surface area contributed by atoms with Gasteiger partial charge in [0.1, 0.15) is 0 Å². The predicted molar refractivity (Wildman–Crippen MR) is 137 cm³/mol. The highest BCUT2D eigenvalue weighted by Crippen LogP contribution is 2.29. The minimum absolute atomic E-state index is 0.223. The molecule has 1 saturated carbocycles. The van der Waals surface area contributed by atoms with Crippen molar-refractivity contribution in [2.24, 2.45) is 0 Å². The first-order valence-electron chi connectivity index (χ1n) is 11.9. The lowest BCUT2D eigenvalue weighted by atomic mass is 9.96. The van der Waals surface area contributed by atoms with E-state index in [-0.39, 0.29) is 12.1 Å². The Morgan fingerprint density at radius 2 is 1.85 bits per heavy atom. The van der Waals surface area contributed by atoms with Crippen LogP contribution in [0.3, 0.4) is 0 Å². The number of hydrazine groups is 1. The third-order valence-corrected chi connectivity index (χ3v) is 6.85. The van der Waals surface area contributed by atoms with Crippen LogP contribution in [0.4, 0.5) is 22.2 Å². The highest BCUT2D eigenvalue weighted by Gasteiger charge is 2.23. The second kappa shape index (κ2) is 10.6. The van der Waals surface area contributed by atoms with E-state index in [9.17, 15) is 4.79 Å². The number of fused-ring (bicyclic) bond motifs is 1. The topological polar surface area (TPSA) is 98.3 Å². The summed E-state index contributed by atoms with van der Waals surface area (Å²) in [6, 6.07) is 12.0. The number of hydrogen-bond donors (Lipinski definition) is 3. The number of piperazine rings is 1. The minimum Gasteiger partial charge on any atom is -0.335 e. The van der Waals surface area contributed by atoms with Gasteiger partial charge in [0.2, 0.25) is 5.95 Å². The number of anilines is 3. The van der Waals surface area contributed by atoms with Crippen LogP contribution in [0.25, 0.3) is 11.0 Å². The number of hydrogen-bond acceptors (Lipinski definition) is 7. The first-order valence-corrected chi connectivity index (χ1v) is 12.7. The fraction of sp³-hybridized carbons (Fsp3) is 0.417. The Balaban J connectivity index is 1.42. The summed E-state index contributed by atoms with van der Waals surface area (Å²) in [7, 11) is 0. The van der Waals surface area contributed by atoms with E-state index in [0.29, 0.717) is 21.9 Å². The zero-order valence-electron chi connectivity index (χ0n) is 19.0. The summed E-state index contributed by atoms with van der Waals surface area (Å²) in [5, 5.41) is 14.4. The van der Waals surface area contributed by atoms with Crippen molar-refractivity contribution in [3.63, 3.8) is 0 Å². The molecule has 2 amide bonds. The molecule has 1 saturated heterocycles. The fourth-order valence-corrected chi connectivity index (χ4v) is 4.96. The Morgan fingerprint density at radius 3 is 2.62 bits per heavy atom. The van der Waals surface area contributed by atoms with Crippen molar-refractivity contribution in [1.29, 1.82) is 0 Å². The standard InChI is InChI=1S/C24H29BrN8O/c25-20-15-17-16-27-23(33(19-9-5-2-6-10-19)32-13-11-26-12-14-32)30-21(17)29-22(20)31-24(34)28-18-7-3-1-4-8-18/h2,5-6,9-10,15-16,18,26H,1,3-4,7-8,11-14H2,(H2,27,28,29,30,31,34). The molecule has 3 aromatic rings. The van der Waals surface area contributed by atoms with Gasteiger partial charge in [-0.15, -0.1) is 0 Å². The normalized spacial score (nSPS) is 17.4. The van der Waals surface area contributed by atoms with Gasteiger partial charge in [-0.2, -0.15) is 4.98 Å². The number of carbonyl (C=O) groups is 1. The number of nitrogens with zero attached hydrogens (tertiary/aromatic N) is 5. The van der Waals surface area contributed by atoms with Gasteiger partial charge in [0, 0.05) is 43.8 Å². The van der Waals surface area contributed by atoms with Crippen LogP contribution >= 0.6 is 15.9 Å². The molecule has 3 N–H and O–H groups in total. The number of aromatic nitrogens is 3. The molecule has 2 aromatic heterocycles. The van der Waals surface area contributed by atoms with Crippen LogP contribution in [-0.2, 0) is 0 Å². The van der Waals surface area contributed by atoms with Gasteiger partial charge < -0.3 is 10.6 Å². The van der Waals surface area contributed by atoms with E-state index in [0.717, 1.165) is 62.9 Å². The number of benzene rings is 1. The zero-order valence-corrected chi connectivity index (χ0v) is 20.6. The summed E-state index contributed by atoms with van der Waals surface area (Å²) in [6.07, 6.45) is 7.39. The van der Waals surface area contributed by atoms with E-state index in [2.05, 4.69) is 46.9 Å². The summed E-state index contributed by atoms with van der Waals surface area (Å²) in [4.78, 5) is 26.7. The van der Waals surface area contributed by atoms with E-state index < -0.39 is 0 Å². The highest BCUT2D eigenvalue weighted by atomic mass is 79.9. The molecule has 0 unspecified atom stereocenters. The van der Waals surface area contributed by atoms with Crippen LogP contribution < -0.4 is 21.0 Å². The molecule has 2 aliphatic rings. The van der Waals surface area contributed by atoms with Crippen LogP contribution in [0.15, 0.2) is 47.1 Å². The number of urea groups is 1. The maximum absolute atomic E-state index is 12.6. The largest absolute Gasteiger partial charge is 0.335 e. The van der Waals surface area contributed by atoms with Crippen molar-refractivity contribution in [1.82, 2.24) is 30.6 Å². The first-order chi connectivity index (χ1) is 16.7. The van der Waals surface area contributed by atoms with Crippen molar-refractivity contribution in [3.8, 4) is 0 Å². The third-order valence-electron chi connectivity index (χ3n) is 6.25. The number of rotatable bonds is 5. The van der Waals surface area contributed by atoms with Crippen LogP contribution in [0, 0.1) is 0 Å². The molecule has 5 rings (SSSR count). The number of pyridine rings is 1. The van der Waals surface area contributed by atoms with E-state index in [1.54, 1.807) is 6.20 Å². The first kappa shape index (κ1) is 22.9. The molecule has 0 spiro atoms. The number of halogens is 1. The monoisotopic (exact) mass is 524 g/mol. The van der Waals surface area contributed by atoms with Gasteiger partial charge in [0.15, 0.2) is 11.5 Å². The molecular formula is C24H29BrN8O. The van der Waals surface area contributed by atoms with Crippen LogP contribution in [0.5, 0.6) is 0 Å². The molecule has 9 nitrogen and oxygen atoms in total. The number of amides is 2. The summed E-state index contributed by atoms with van der Waals surface area (Å²) in [5.41, 5.74) is 1.52. The molecule has 1 aliphatic heterocycles. The smallest absolute Gasteiger partial charge is 0.320 e. The number of carbonyl (C=O) groups excluding carboxylic acids is 1. The molecule has 178 valence electrons. The Bertz CT molecular complexity index is 1130. The third kappa shape index (κ3) is 5.29. The Labute approximate surface area is 207 Å². The summed E-state index contributed by atoms with van der Waals surface area (Å²) >= 11 is 3.53. The lowest BCUT2D eigenvalue weighted by molar-refractivity contribution is 0.240. The Morgan fingerprint density at radius 1 is 1.09 bits per heavy atom. The molecule has 34 heavy (non-hydrogen) atoms. The van der Waals surface area contributed by atoms with Crippen molar-refractivity contribution in [2.75, 3.05) is 36.5 Å². The van der Waals surface area contributed by atoms with Gasteiger partial charge in [-0.25, -0.2) is 24.8 Å². The molecule has 0 atom stereocenters. The summed E-state index contributed by atoms with van der Waals surface area (Å²) in [6.45, 7) is 3.48. The number of para-hydroxylation sites is 1. The molecule has 2 fully saturated rings. The Kier molecular flexibility index (Phi) is 7.17. The zero-order chi connectivity index (χ0) is 23.3. The van der Waals surface area contributed by atoms with Gasteiger partial charge in [-0.1, -0.05) is 37.5 Å². The minimum atomic E-state index is -0.236. The molecule has 1 aliphatic carbocycles. The molecule has 1 aromatic carbocycles. The quantitative estimate of drug-likeness (QED) is 0.459. The summed E-state index contributed by atoms with van der Waals surface area (Å²) in [5.74, 6) is 0.993. The number of nitrogens with one attached hydrogen (secondary N) is 3. The second-order valence-corrected chi connectivity index (χ2v) is 9.54. The van der Waals surface area contributed by atoms with Crippen molar-refractivity contribution in [2.45, 2.75) is 38.1 Å². The van der Waals surface area contributed by atoms with Gasteiger partial charge in [-0.3, -0.25) is 5.32 Å². The van der Waals surface area contributed by atoms with Gasteiger partial charge in [-0.05, 0) is 47.0 Å². The lowest BCUT2D eigenvalue weighted by Gasteiger charge is -2.37. The van der Waals surface area contributed by atoms with E-state index in [1.165, 1.54) is 6.42 Å². The highest BCUT2D eigenvalue weighted by molar-refractivity contribution is 9.10. The van der Waals surface area contributed by atoms with Gasteiger partial charge in [0.25, 0.3) is 0 Å². The SMILES string of the molecule is O=C(Nc1nc2nc(N(c3ccccc3)N3CCNCC3)ncc2cc1Br)NC1CCCCC1. The summed E-state index contributed by atoms with van der Waals surface area (Å²) < 4.78 is 0.692. The molecule has 3 heterocycles. The maximum Gasteiger partial charge on any atom is 0.320 e. The fourth-order valence-electron chi connectivity index (χ4n) is 4.52. The Hall–Kier alpha value is -2.82. The van der Waals surface area contributed by atoms with Crippen LogP contribution in [-0.4, -0.2) is 58.2 Å². The molecule has 0 bridgehead atoms. The van der Waals surface area contributed by atoms with Gasteiger partial charge >= 0.3 is 6.03 Å². The maximum atomic E-state index is 12.6. The van der Waals surface area contributed by atoms with Gasteiger partial charge in [0.05, 0.1) is 10.2 Å². The van der Waals surface area contributed by atoms with Crippen molar-refractivity contribution >= 4 is 50.4 Å². The predicted octanol–water partition coefficient (Wildman–Crippen LogP) is 4.20. The average Bonchev–Trinajstić information content (AvgIpc) is 2.87. The van der Waals surface area contributed by atoms with Crippen molar-refractivity contribution in [3.05, 3.63) is 47.1 Å². The van der Waals surface area contributed by atoms with E-state index in [1.807, 2.05) is 41.4 Å². The lowest BCUT2D eigenvalue weighted by Crippen LogP contribution is -2.51. The van der Waals surface area contributed by atoms with Crippen LogP contribution in [0.1, 0.15) is 32.1 Å². The second-order valence-electron chi connectivity index (χ2n) is 8.69. The molecule has 10 heteroatoms. The van der Waals surface area contributed by atoms with Crippen LogP contribution in [0.2, 0.25) is 0 Å².